The van der Waals surface area contributed by atoms with Gasteiger partial charge in [-0.1, -0.05) is 0 Å². The quantitative estimate of drug-likeness (QED) is 0.908. The Labute approximate surface area is 148 Å². The number of piperidine rings is 1. The second-order valence-electron chi connectivity index (χ2n) is 6.93. The molecular formula is C20H24N2O3. The number of ether oxygens (including phenoxy) is 1. The Morgan fingerprint density at radius 3 is 2.60 bits per heavy atom. The standard InChI is InChI=1S/C20H24N2O3/c1-24-16-6-4-15(5-7-16)22-10-8-14(9-11-22)21-20(23)18-13-17(18)19-3-2-12-25-19/h2-7,12,14,17-18H,8-11,13H2,1H3,(H,21,23)/t17-,18-/m0/s1. The molecule has 2 aliphatic rings. The van der Waals surface area contributed by atoms with E-state index in [0.717, 1.165) is 43.9 Å². The lowest BCUT2D eigenvalue weighted by Gasteiger charge is -2.34. The van der Waals surface area contributed by atoms with Crippen LogP contribution in [0.25, 0.3) is 0 Å². The molecule has 2 heterocycles. The lowest BCUT2D eigenvalue weighted by Crippen LogP contribution is -2.45. The lowest BCUT2D eigenvalue weighted by molar-refractivity contribution is -0.123. The van der Waals surface area contributed by atoms with Crippen molar-refractivity contribution >= 4 is 11.6 Å². The van der Waals surface area contributed by atoms with Gasteiger partial charge >= 0.3 is 0 Å². The fraction of sp³-hybridized carbons (Fsp3) is 0.450. The summed E-state index contributed by atoms with van der Waals surface area (Å²) in [5.41, 5.74) is 1.21. The molecule has 1 aromatic heterocycles. The highest BCUT2D eigenvalue weighted by molar-refractivity contribution is 5.83. The smallest absolute Gasteiger partial charge is 0.224 e. The Balaban J connectivity index is 1.25. The second kappa shape index (κ2) is 6.82. The number of anilines is 1. The molecule has 0 unspecified atom stereocenters. The number of nitrogens with one attached hydrogen (secondary N) is 1. The van der Waals surface area contributed by atoms with Crippen LogP contribution in [-0.2, 0) is 4.79 Å². The number of hydrogen-bond acceptors (Lipinski definition) is 4. The average Bonchev–Trinajstić information content (AvgIpc) is 3.28. The van der Waals surface area contributed by atoms with Gasteiger partial charge in [-0.05, 0) is 55.7 Å². The first-order chi connectivity index (χ1) is 12.2. The van der Waals surface area contributed by atoms with E-state index in [2.05, 4.69) is 22.3 Å². The fourth-order valence-corrected chi connectivity index (χ4v) is 3.68. The zero-order valence-electron chi connectivity index (χ0n) is 14.5. The minimum atomic E-state index is 0.0887. The van der Waals surface area contributed by atoms with Crippen molar-refractivity contribution in [1.29, 1.82) is 0 Å². The van der Waals surface area contributed by atoms with Crippen molar-refractivity contribution in [3.8, 4) is 5.75 Å². The summed E-state index contributed by atoms with van der Waals surface area (Å²) in [7, 11) is 1.68. The van der Waals surface area contributed by atoms with E-state index >= 15 is 0 Å². The average molecular weight is 340 g/mol. The third-order valence-corrected chi connectivity index (χ3v) is 5.31. The Kier molecular flexibility index (Phi) is 4.38. The molecule has 1 aliphatic heterocycles. The Morgan fingerprint density at radius 1 is 1.20 bits per heavy atom. The van der Waals surface area contributed by atoms with Crippen molar-refractivity contribution in [3.63, 3.8) is 0 Å². The predicted octanol–water partition coefficient (Wildman–Crippen LogP) is 3.18. The molecule has 1 aliphatic carbocycles. The van der Waals surface area contributed by atoms with Crippen LogP contribution in [0.3, 0.4) is 0 Å². The number of methoxy groups -OCH3 is 1. The number of furan rings is 1. The molecule has 1 N–H and O–H groups in total. The molecule has 5 heteroatoms. The van der Waals surface area contributed by atoms with Gasteiger partial charge in [-0.2, -0.15) is 0 Å². The van der Waals surface area contributed by atoms with Gasteiger partial charge in [0.05, 0.1) is 13.4 Å². The van der Waals surface area contributed by atoms with Gasteiger partial charge in [-0.3, -0.25) is 4.79 Å². The number of benzene rings is 1. The molecule has 132 valence electrons. The van der Waals surface area contributed by atoms with Crippen molar-refractivity contribution in [1.82, 2.24) is 5.32 Å². The molecule has 2 atom stereocenters. The lowest BCUT2D eigenvalue weighted by atomic mass is 10.0. The van der Waals surface area contributed by atoms with Gasteiger partial charge in [0, 0.05) is 36.7 Å². The largest absolute Gasteiger partial charge is 0.497 e. The van der Waals surface area contributed by atoms with E-state index < -0.39 is 0 Å². The molecule has 1 saturated heterocycles. The molecule has 25 heavy (non-hydrogen) atoms. The van der Waals surface area contributed by atoms with Crippen LogP contribution in [0, 0.1) is 5.92 Å². The van der Waals surface area contributed by atoms with Gasteiger partial charge in [0.25, 0.3) is 0 Å². The number of carbonyl (C=O) groups is 1. The summed E-state index contributed by atoms with van der Waals surface area (Å²) in [5, 5.41) is 3.24. The molecule has 1 aromatic carbocycles. The number of amides is 1. The second-order valence-corrected chi connectivity index (χ2v) is 6.93. The maximum Gasteiger partial charge on any atom is 0.224 e. The summed E-state index contributed by atoms with van der Waals surface area (Å²) in [6, 6.07) is 12.3. The van der Waals surface area contributed by atoms with Crippen molar-refractivity contribution in [2.24, 2.45) is 5.92 Å². The van der Waals surface area contributed by atoms with Crippen LogP contribution < -0.4 is 15.0 Å². The Hall–Kier alpha value is -2.43. The van der Waals surface area contributed by atoms with Crippen molar-refractivity contribution in [2.75, 3.05) is 25.1 Å². The highest BCUT2D eigenvalue weighted by Crippen LogP contribution is 2.47. The SMILES string of the molecule is COc1ccc(N2CCC(NC(=O)[C@H]3C[C@@H]3c3ccco3)CC2)cc1. The molecule has 0 radical (unpaired) electrons. The maximum absolute atomic E-state index is 12.4. The van der Waals surface area contributed by atoms with Gasteiger partial charge in [0.1, 0.15) is 11.5 Å². The van der Waals surface area contributed by atoms with Crippen molar-refractivity contribution < 1.29 is 13.9 Å². The monoisotopic (exact) mass is 340 g/mol. The molecule has 1 amide bonds. The number of carbonyl (C=O) groups excluding carboxylic acids is 1. The Morgan fingerprint density at radius 2 is 1.96 bits per heavy atom. The zero-order valence-corrected chi connectivity index (χ0v) is 14.5. The van der Waals surface area contributed by atoms with Gasteiger partial charge in [0.2, 0.25) is 5.91 Å². The van der Waals surface area contributed by atoms with Crippen molar-refractivity contribution in [2.45, 2.75) is 31.2 Å². The zero-order chi connectivity index (χ0) is 17.2. The molecule has 4 rings (SSSR count). The summed E-state index contributed by atoms with van der Waals surface area (Å²) in [6.45, 7) is 1.92. The topological polar surface area (TPSA) is 54.7 Å². The van der Waals surface area contributed by atoms with E-state index in [0.29, 0.717) is 0 Å². The van der Waals surface area contributed by atoms with Crippen LogP contribution in [-0.4, -0.2) is 32.1 Å². The first-order valence-electron chi connectivity index (χ1n) is 8.97. The van der Waals surface area contributed by atoms with E-state index in [1.54, 1.807) is 13.4 Å². The highest BCUT2D eigenvalue weighted by atomic mass is 16.5. The molecule has 2 fully saturated rings. The van der Waals surface area contributed by atoms with Crippen LogP contribution in [0.2, 0.25) is 0 Å². The summed E-state index contributed by atoms with van der Waals surface area (Å²) in [4.78, 5) is 14.8. The first-order valence-corrected chi connectivity index (χ1v) is 8.97. The summed E-state index contributed by atoms with van der Waals surface area (Å²) >= 11 is 0. The predicted molar refractivity (Wildman–Crippen MR) is 95.9 cm³/mol. The van der Waals surface area contributed by atoms with E-state index in [4.69, 9.17) is 9.15 Å². The molecule has 1 saturated carbocycles. The highest BCUT2D eigenvalue weighted by Gasteiger charge is 2.46. The summed E-state index contributed by atoms with van der Waals surface area (Å²) in [5.74, 6) is 2.36. The van der Waals surface area contributed by atoms with Crippen LogP contribution in [0.15, 0.2) is 47.1 Å². The van der Waals surface area contributed by atoms with E-state index in [1.165, 1.54) is 5.69 Å². The summed E-state index contributed by atoms with van der Waals surface area (Å²) < 4.78 is 10.6. The third-order valence-electron chi connectivity index (χ3n) is 5.31. The van der Waals surface area contributed by atoms with E-state index in [1.807, 2.05) is 24.3 Å². The van der Waals surface area contributed by atoms with Gasteiger partial charge in [0.15, 0.2) is 0 Å². The molecule has 5 nitrogen and oxygen atoms in total. The van der Waals surface area contributed by atoms with Crippen molar-refractivity contribution in [3.05, 3.63) is 48.4 Å². The van der Waals surface area contributed by atoms with E-state index in [9.17, 15) is 4.79 Å². The normalized spacial score (nSPS) is 23.3. The van der Waals surface area contributed by atoms with E-state index in [-0.39, 0.29) is 23.8 Å². The number of nitrogens with zero attached hydrogens (tertiary/aromatic N) is 1. The van der Waals surface area contributed by atoms with Crippen LogP contribution >= 0.6 is 0 Å². The van der Waals surface area contributed by atoms with Gasteiger partial charge in [-0.25, -0.2) is 0 Å². The minimum absolute atomic E-state index is 0.0887. The maximum atomic E-state index is 12.4. The fourth-order valence-electron chi connectivity index (χ4n) is 3.68. The van der Waals surface area contributed by atoms with Crippen LogP contribution in [0.4, 0.5) is 5.69 Å². The molecule has 2 aromatic rings. The van der Waals surface area contributed by atoms with Gasteiger partial charge in [-0.15, -0.1) is 0 Å². The van der Waals surface area contributed by atoms with Crippen LogP contribution in [0.5, 0.6) is 5.75 Å². The summed E-state index contributed by atoms with van der Waals surface area (Å²) in [6.07, 6.45) is 4.55. The minimum Gasteiger partial charge on any atom is -0.497 e. The number of rotatable bonds is 5. The molecule has 0 bridgehead atoms. The molecular weight excluding hydrogens is 316 g/mol. The third kappa shape index (κ3) is 3.50. The van der Waals surface area contributed by atoms with Gasteiger partial charge < -0.3 is 19.4 Å². The first kappa shape index (κ1) is 16.1. The molecule has 0 spiro atoms. The Bertz CT molecular complexity index is 703. The van der Waals surface area contributed by atoms with Crippen LogP contribution in [0.1, 0.15) is 30.9 Å². The number of hydrogen-bond donors (Lipinski definition) is 1.